The van der Waals surface area contributed by atoms with E-state index in [2.05, 4.69) is 0 Å². The molecule has 0 N–H and O–H groups in total. The van der Waals surface area contributed by atoms with Crippen molar-refractivity contribution in [1.82, 2.24) is 4.57 Å². The fourth-order valence-electron chi connectivity index (χ4n) is 2.99. The number of aromatic nitrogens is 1. The molecule has 2 rings (SSSR count). The van der Waals surface area contributed by atoms with Gasteiger partial charge in [0, 0.05) is 17.9 Å². The van der Waals surface area contributed by atoms with E-state index in [9.17, 15) is 9.59 Å². The topological polar surface area (TPSA) is 57.5 Å². The van der Waals surface area contributed by atoms with Gasteiger partial charge in [-0.05, 0) is 19.8 Å². The van der Waals surface area contributed by atoms with Gasteiger partial charge in [0.2, 0.25) is 0 Å². The van der Waals surface area contributed by atoms with Crippen LogP contribution in [0.15, 0.2) is 6.20 Å². The lowest BCUT2D eigenvalue weighted by atomic mass is 9.95. The second-order valence-corrected chi connectivity index (χ2v) is 5.19. The first-order chi connectivity index (χ1) is 9.60. The van der Waals surface area contributed by atoms with Crippen LogP contribution < -0.4 is 0 Å². The molecule has 5 heteroatoms. The van der Waals surface area contributed by atoms with Gasteiger partial charge in [0.1, 0.15) is 0 Å². The minimum Gasteiger partial charge on any atom is -0.465 e. The van der Waals surface area contributed by atoms with E-state index in [1.165, 1.54) is 33.5 Å². The molecular weight excluding hydrogens is 258 g/mol. The molecule has 1 aliphatic rings. The largest absolute Gasteiger partial charge is 0.465 e. The van der Waals surface area contributed by atoms with Crippen LogP contribution in [0.25, 0.3) is 0 Å². The molecule has 5 nitrogen and oxygen atoms in total. The third-order valence-corrected chi connectivity index (χ3v) is 4.05. The van der Waals surface area contributed by atoms with Crippen molar-refractivity contribution in [3.05, 3.63) is 23.0 Å². The molecule has 0 amide bonds. The van der Waals surface area contributed by atoms with Gasteiger partial charge in [-0.25, -0.2) is 9.59 Å². The maximum atomic E-state index is 11.9. The van der Waals surface area contributed by atoms with Crippen LogP contribution in [0.1, 0.15) is 64.6 Å². The highest BCUT2D eigenvalue weighted by atomic mass is 16.5. The molecule has 0 saturated heterocycles. The van der Waals surface area contributed by atoms with Crippen LogP contribution in [0, 0.1) is 6.92 Å². The molecule has 1 aromatic rings. The number of carbonyl (C=O) groups is 2. The molecule has 1 heterocycles. The molecule has 20 heavy (non-hydrogen) atoms. The Balaban J connectivity index is 2.45. The van der Waals surface area contributed by atoms with E-state index >= 15 is 0 Å². The van der Waals surface area contributed by atoms with E-state index in [1.807, 2.05) is 11.5 Å². The van der Waals surface area contributed by atoms with Crippen molar-refractivity contribution in [2.75, 3.05) is 14.2 Å². The quantitative estimate of drug-likeness (QED) is 0.798. The van der Waals surface area contributed by atoms with Crippen LogP contribution in [0.2, 0.25) is 0 Å². The third kappa shape index (κ3) is 2.57. The molecule has 0 unspecified atom stereocenters. The number of carbonyl (C=O) groups excluding carboxylic acids is 2. The molecule has 0 aromatic carbocycles. The first kappa shape index (κ1) is 14.6. The summed E-state index contributed by atoms with van der Waals surface area (Å²) in [7, 11) is 2.64. The Labute approximate surface area is 118 Å². The molecule has 0 radical (unpaired) electrons. The average molecular weight is 279 g/mol. The number of methoxy groups -OCH3 is 2. The Morgan fingerprint density at radius 1 is 1.10 bits per heavy atom. The Morgan fingerprint density at radius 3 is 2.25 bits per heavy atom. The normalized spacial score (nSPS) is 15.9. The van der Waals surface area contributed by atoms with Gasteiger partial charge in [0.15, 0.2) is 0 Å². The van der Waals surface area contributed by atoms with Gasteiger partial charge in [0.05, 0.1) is 25.3 Å². The molecule has 1 aromatic heterocycles. The monoisotopic (exact) mass is 279 g/mol. The van der Waals surface area contributed by atoms with Crippen LogP contribution in [-0.2, 0) is 9.47 Å². The van der Waals surface area contributed by atoms with Crippen LogP contribution in [0.4, 0.5) is 0 Å². The van der Waals surface area contributed by atoms with Crippen molar-refractivity contribution in [2.24, 2.45) is 0 Å². The lowest BCUT2D eigenvalue weighted by molar-refractivity contribution is 0.0556. The lowest BCUT2D eigenvalue weighted by Gasteiger charge is -2.24. The third-order valence-electron chi connectivity index (χ3n) is 4.05. The van der Waals surface area contributed by atoms with E-state index in [0.717, 1.165) is 18.5 Å². The maximum Gasteiger partial charge on any atom is 0.340 e. The average Bonchev–Trinajstić information content (AvgIpc) is 2.84. The SMILES string of the molecule is COC(=O)c1cn(C2CCCCC2)c(C)c1C(=O)OC. The first-order valence-electron chi connectivity index (χ1n) is 6.98. The van der Waals surface area contributed by atoms with E-state index in [0.29, 0.717) is 17.2 Å². The van der Waals surface area contributed by atoms with Crippen LogP contribution in [-0.4, -0.2) is 30.7 Å². The minimum atomic E-state index is -0.497. The van der Waals surface area contributed by atoms with E-state index in [-0.39, 0.29) is 0 Å². The summed E-state index contributed by atoms with van der Waals surface area (Å²) in [4.78, 5) is 23.8. The molecule has 0 atom stereocenters. The molecular formula is C15H21NO4. The maximum absolute atomic E-state index is 11.9. The predicted molar refractivity (Wildman–Crippen MR) is 74.0 cm³/mol. The Bertz CT molecular complexity index is 512. The summed E-state index contributed by atoms with van der Waals surface area (Å²) in [6.45, 7) is 1.85. The second kappa shape index (κ2) is 6.11. The zero-order valence-corrected chi connectivity index (χ0v) is 12.3. The molecule has 0 spiro atoms. The number of esters is 2. The summed E-state index contributed by atoms with van der Waals surface area (Å²) in [6.07, 6.45) is 7.52. The van der Waals surface area contributed by atoms with Gasteiger partial charge < -0.3 is 14.0 Å². The van der Waals surface area contributed by atoms with Gasteiger partial charge in [-0.1, -0.05) is 19.3 Å². The number of rotatable bonds is 3. The molecule has 0 bridgehead atoms. The molecule has 0 aliphatic heterocycles. The highest BCUT2D eigenvalue weighted by Crippen LogP contribution is 2.32. The van der Waals surface area contributed by atoms with Crippen molar-refractivity contribution < 1.29 is 19.1 Å². The molecule has 110 valence electrons. The zero-order valence-electron chi connectivity index (χ0n) is 12.3. The Hall–Kier alpha value is -1.78. The summed E-state index contributed by atoms with van der Waals surface area (Å²) in [5.41, 5.74) is 1.40. The smallest absolute Gasteiger partial charge is 0.340 e. The van der Waals surface area contributed by atoms with E-state index in [4.69, 9.17) is 9.47 Å². The Morgan fingerprint density at radius 2 is 1.70 bits per heavy atom. The fraction of sp³-hybridized carbons (Fsp3) is 0.600. The Kier molecular flexibility index (Phi) is 4.47. The van der Waals surface area contributed by atoms with Crippen molar-refractivity contribution in [1.29, 1.82) is 0 Å². The molecule has 1 saturated carbocycles. The molecule has 1 fully saturated rings. The summed E-state index contributed by atoms with van der Waals surface area (Å²) >= 11 is 0. The summed E-state index contributed by atoms with van der Waals surface area (Å²) in [5.74, 6) is -0.986. The summed E-state index contributed by atoms with van der Waals surface area (Å²) < 4.78 is 11.6. The summed E-state index contributed by atoms with van der Waals surface area (Å²) in [6, 6.07) is 0.352. The predicted octanol–water partition coefficient (Wildman–Crippen LogP) is 2.87. The highest BCUT2D eigenvalue weighted by molar-refractivity contribution is 6.04. The van der Waals surface area contributed by atoms with Gasteiger partial charge in [-0.3, -0.25) is 0 Å². The standard InChI is InChI=1S/C15H21NO4/c1-10-13(15(18)20-3)12(14(17)19-2)9-16(10)11-7-5-4-6-8-11/h9,11H,4-8H2,1-3H3. The number of nitrogens with zero attached hydrogens (tertiary/aromatic N) is 1. The summed E-state index contributed by atoms with van der Waals surface area (Å²) in [5, 5.41) is 0. The van der Waals surface area contributed by atoms with Gasteiger partial charge in [0.25, 0.3) is 0 Å². The van der Waals surface area contributed by atoms with Gasteiger partial charge in [-0.2, -0.15) is 0 Å². The number of hydrogen-bond donors (Lipinski definition) is 0. The van der Waals surface area contributed by atoms with Crippen LogP contribution in [0.5, 0.6) is 0 Å². The highest BCUT2D eigenvalue weighted by Gasteiger charge is 2.28. The van der Waals surface area contributed by atoms with E-state index < -0.39 is 11.9 Å². The lowest BCUT2D eigenvalue weighted by Crippen LogP contribution is -2.14. The number of hydrogen-bond acceptors (Lipinski definition) is 4. The van der Waals surface area contributed by atoms with E-state index in [1.54, 1.807) is 6.20 Å². The number of ether oxygens (including phenoxy) is 2. The second-order valence-electron chi connectivity index (χ2n) is 5.19. The van der Waals surface area contributed by atoms with Gasteiger partial charge in [-0.15, -0.1) is 0 Å². The fourth-order valence-corrected chi connectivity index (χ4v) is 2.99. The van der Waals surface area contributed by atoms with Crippen molar-refractivity contribution in [3.8, 4) is 0 Å². The van der Waals surface area contributed by atoms with Crippen molar-refractivity contribution >= 4 is 11.9 Å². The minimum absolute atomic E-state index is 0.294. The molecule has 1 aliphatic carbocycles. The van der Waals surface area contributed by atoms with Crippen LogP contribution in [0.3, 0.4) is 0 Å². The van der Waals surface area contributed by atoms with Crippen LogP contribution >= 0.6 is 0 Å². The van der Waals surface area contributed by atoms with Crippen molar-refractivity contribution in [2.45, 2.75) is 45.1 Å². The van der Waals surface area contributed by atoms with Crippen molar-refractivity contribution in [3.63, 3.8) is 0 Å². The zero-order chi connectivity index (χ0) is 14.7. The van der Waals surface area contributed by atoms with Gasteiger partial charge >= 0.3 is 11.9 Å². The first-order valence-corrected chi connectivity index (χ1v) is 6.98.